The van der Waals surface area contributed by atoms with E-state index in [1.54, 1.807) is 0 Å². The summed E-state index contributed by atoms with van der Waals surface area (Å²) >= 11 is 0. The molecule has 0 atom stereocenters. The average molecular weight is 273 g/mol. The summed E-state index contributed by atoms with van der Waals surface area (Å²) in [5, 5.41) is 0. The highest BCUT2D eigenvalue weighted by Gasteiger charge is 2.27. The molecule has 0 radical (unpaired) electrons. The molecule has 4 heteroatoms. The van der Waals surface area contributed by atoms with Crippen molar-refractivity contribution in [2.24, 2.45) is 0 Å². The number of fused-ring (bicyclic) bond motifs is 1. The predicted octanol–water partition coefficient (Wildman–Crippen LogP) is 1.80. The standard InChI is InChI=1S/C16H23N3O/c1-2-17-9-11-18(12-10-17)16(20)19-8-7-14-5-3-4-6-15(14)13-19/h3-6H,2,7-13H2,1H3. The van der Waals surface area contributed by atoms with Crippen LogP contribution in [0.3, 0.4) is 0 Å². The van der Waals surface area contributed by atoms with Crippen LogP contribution in [0.15, 0.2) is 24.3 Å². The number of carbonyl (C=O) groups is 1. The molecule has 2 amide bonds. The van der Waals surface area contributed by atoms with Gasteiger partial charge >= 0.3 is 6.03 Å². The second kappa shape index (κ2) is 5.83. The van der Waals surface area contributed by atoms with Crippen molar-refractivity contribution in [3.8, 4) is 0 Å². The summed E-state index contributed by atoms with van der Waals surface area (Å²) in [6.07, 6.45) is 0.983. The van der Waals surface area contributed by atoms with Gasteiger partial charge in [-0.15, -0.1) is 0 Å². The van der Waals surface area contributed by atoms with E-state index >= 15 is 0 Å². The van der Waals surface area contributed by atoms with Gasteiger partial charge in [0.2, 0.25) is 0 Å². The van der Waals surface area contributed by atoms with Crippen LogP contribution in [-0.2, 0) is 13.0 Å². The molecule has 4 nitrogen and oxygen atoms in total. The topological polar surface area (TPSA) is 26.8 Å². The molecule has 1 saturated heterocycles. The van der Waals surface area contributed by atoms with E-state index in [4.69, 9.17) is 0 Å². The smallest absolute Gasteiger partial charge is 0.320 e. The van der Waals surface area contributed by atoms with Crippen molar-refractivity contribution >= 4 is 6.03 Å². The van der Waals surface area contributed by atoms with Gasteiger partial charge in [-0.2, -0.15) is 0 Å². The van der Waals surface area contributed by atoms with E-state index in [0.29, 0.717) is 0 Å². The van der Waals surface area contributed by atoms with Gasteiger partial charge in [-0.3, -0.25) is 0 Å². The highest BCUT2D eigenvalue weighted by molar-refractivity contribution is 5.75. The lowest BCUT2D eigenvalue weighted by Gasteiger charge is -2.38. The van der Waals surface area contributed by atoms with Crippen molar-refractivity contribution in [1.82, 2.24) is 14.7 Å². The summed E-state index contributed by atoms with van der Waals surface area (Å²) in [5.41, 5.74) is 2.70. The molecule has 0 aromatic heterocycles. The normalized spacial score (nSPS) is 19.9. The molecule has 0 aliphatic carbocycles. The zero-order valence-electron chi connectivity index (χ0n) is 12.2. The van der Waals surface area contributed by atoms with E-state index in [1.807, 2.05) is 9.80 Å². The Morgan fingerprint density at radius 2 is 1.70 bits per heavy atom. The molecule has 3 rings (SSSR count). The van der Waals surface area contributed by atoms with E-state index in [0.717, 1.165) is 52.2 Å². The van der Waals surface area contributed by atoms with Crippen molar-refractivity contribution in [2.45, 2.75) is 19.9 Å². The van der Waals surface area contributed by atoms with Crippen LogP contribution in [0.4, 0.5) is 4.79 Å². The van der Waals surface area contributed by atoms with E-state index in [-0.39, 0.29) is 6.03 Å². The summed E-state index contributed by atoms with van der Waals surface area (Å²) < 4.78 is 0. The van der Waals surface area contributed by atoms with E-state index in [2.05, 4.69) is 36.1 Å². The highest BCUT2D eigenvalue weighted by atomic mass is 16.2. The Bertz CT molecular complexity index is 480. The van der Waals surface area contributed by atoms with Gasteiger partial charge in [-0.25, -0.2) is 4.79 Å². The summed E-state index contributed by atoms with van der Waals surface area (Å²) in [7, 11) is 0. The summed E-state index contributed by atoms with van der Waals surface area (Å²) in [6.45, 7) is 8.62. The zero-order chi connectivity index (χ0) is 13.9. The number of hydrogen-bond acceptors (Lipinski definition) is 2. The molecule has 1 aromatic carbocycles. The maximum Gasteiger partial charge on any atom is 0.320 e. The van der Waals surface area contributed by atoms with Crippen molar-refractivity contribution < 1.29 is 4.79 Å². The quantitative estimate of drug-likeness (QED) is 0.780. The van der Waals surface area contributed by atoms with Crippen molar-refractivity contribution in [3.05, 3.63) is 35.4 Å². The number of rotatable bonds is 1. The number of benzene rings is 1. The summed E-state index contributed by atoms with van der Waals surface area (Å²) in [4.78, 5) is 19.0. The molecule has 0 spiro atoms. The van der Waals surface area contributed by atoms with Crippen LogP contribution in [0.5, 0.6) is 0 Å². The molecule has 0 bridgehead atoms. The second-order valence-corrected chi connectivity index (χ2v) is 5.64. The van der Waals surface area contributed by atoms with Crippen LogP contribution in [-0.4, -0.2) is 60.0 Å². The van der Waals surface area contributed by atoms with Crippen LogP contribution in [0.25, 0.3) is 0 Å². The molecule has 0 unspecified atom stereocenters. The Kier molecular flexibility index (Phi) is 3.92. The fourth-order valence-corrected chi connectivity index (χ4v) is 3.11. The summed E-state index contributed by atoms with van der Waals surface area (Å²) in [6, 6.07) is 8.68. The van der Waals surface area contributed by atoms with Gasteiger partial charge in [0, 0.05) is 39.3 Å². The second-order valence-electron chi connectivity index (χ2n) is 5.64. The third kappa shape index (κ3) is 2.66. The molecule has 1 fully saturated rings. The SMILES string of the molecule is CCN1CCN(C(=O)N2CCc3ccccc3C2)CC1. The minimum atomic E-state index is 0.218. The highest BCUT2D eigenvalue weighted by Crippen LogP contribution is 2.20. The molecule has 108 valence electrons. The Morgan fingerprint density at radius 1 is 1.00 bits per heavy atom. The minimum Gasteiger partial charge on any atom is -0.322 e. The van der Waals surface area contributed by atoms with Crippen LogP contribution in [0.2, 0.25) is 0 Å². The van der Waals surface area contributed by atoms with Gasteiger partial charge < -0.3 is 14.7 Å². The van der Waals surface area contributed by atoms with E-state index in [1.165, 1.54) is 11.1 Å². The molecule has 0 N–H and O–H groups in total. The van der Waals surface area contributed by atoms with Gasteiger partial charge in [0.05, 0.1) is 0 Å². The molecular formula is C16H23N3O. The van der Waals surface area contributed by atoms with Crippen LogP contribution in [0.1, 0.15) is 18.1 Å². The Labute approximate surface area is 121 Å². The molecule has 2 aliphatic heterocycles. The van der Waals surface area contributed by atoms with Gasteiger partial charge in [-0.05, 0) is 24.1 Å². The molecule has 20 heavy (non-hydrogen) atoms. The lowest BCUT2D eigenvalue weighted by atomic mass is 10.0. The van der Waals surface area contributed by atoms with Gasteiger partial charge in [-0.1, -0.05) is 31.2 Å². The third-order valence-corrected chi connectivity index (χ3v) is 4.49. The molecule has 1 aromatic rings. The first-order valence-electron chi connectivity index (χ1n) is 7.61. The van der Waals surface area contributed by atoms with Gasteiger partial charge in [0.1, 0.15) is 0 Å². The van der Waals surface area contributed by atoms with Crippen molar-refractivity contribution in [3.63, 3.8) is 0 Å². The first kappa shape index (κ1) is 13.4. The van der Waals surface area contributed by atoms with Gasteiger partial charge in [0.15, 0.2) is 0 Å². The Balaban J connectivity index is 1.62. The molecular weight excluding hydrogens is 250 g/mol. The van der Waals surface area contributed by atoms with Crippen molar-refractivity contribution in [1.29, 1.82) is 0 Å². The van der Waals surface area contributed by atoms with E-state index in [9.17, 15) is 4.79 Å². The summed E-state index contributed by atoms with van der Waals surface area (Å²) in [5.74, 6) is 0. The lowest BCUT2D eigenvalue weighted by molar-refractivity contribution is 0.111. The third-order valence-electron chi connectivity index (χ3n) is 4.49. The zero-order valence-corrected chi connectivity index (χ0v) is 12.2. The first-order chi connectivity index (χ1) is 9.78. The number of carbonyl (C=O) groups excluding carboxylic acids is 1. The first-order valence-corrected chi connectivity index (χ1v) is 7.61. The minimum absolute atomic E-state index is 0.218. The number of amides is 2. The largest absolute Gasteiger partial charge is 0.322 e. The van der Waals surface area contributed by atoms with Crippen LogP contribution < -0.4 is 0 Å². The lowest BCUT2D eigenvalue weighted by Crippen LogP contribution is -2.53. The van der Waals surface area contributed by atoms with Crippen molar-refractivity contribution in [2.75, 3.05) is 39.3 Å². The Morgan fingerprint density at radius 3 is 2.40 bits per heavy atom. The Hall–Kier alpha value is -1.55. The number of hydrogen-bond donors (Lipinski definition) is 0. The predicted molar refractivity (Wildman–Crippen MR) is 79.6 cm³/mol. The monoisotopic (exact) mass is 273 g/mol. The fraction of sp³-hybridized carbons (Fsp3) is 0.562. The number of urea groups is 1. The number of likely N-dealkylation sites (N-methyl/N-ethyl adjacent to an activating group) is 1. The molecule has 2 heterocycles. The number of piperazine rings is 1. The average Bonchev–Trinajstić information content (AvgIpc) is 2.54. The molecule has 0 saturated carbocycles. The van der Waals surface area contributed by atoms with Crippen LogP contribution >= 0.6 is 0 Å². The number of nitrogens with zero attached hydrogens (tertiary/aromatic N) is 3. The molecule has 2 aliphatic rings. The van der Waals surface area contributed by atoms with E-state index < -0.39 is 0 Å². The fourth-order valence-electron chi connectivity index (χ4n) is 3.11. The van der Waals surface area contributed by atoms with Gasteiger partial charge in [0.25, 0.3) is 0 Å². The maximum absolute atomic E-state index is 12.6. The maximum atomic E-state index is 12.6. The van der Waals surface area contributed by atoms with Crippen LogP contribution in [0, 0.1) is 0 Å².